The summed E-state index contributed by atoms with van der Waals surface area (Å²) in [5.41, 5.74) is 4.17. The summed E-state index contributed by atoms with van der Waals surface area (Å²) < 4.78 is 7.55. The number of fused-ring (bicyclic) bond motifs is 1. The van der Waals surface area contributed by atoms with Gasteiger partial charge in [0.05, 0.1) is 15.8 Å². The van der Waals surface area contributed by atoms with Crippen molar-refractivity contribution in [2.75, 3.05) is 24.3 Å². The number of esters is 1. The fourth-order valence-electron chi connectivity index (χ4n) is 3.16. The predicted molar refractivity (Wildman–Crippen MR) is 140 cm³/mol. The van der Waals surface area contributed by atoms with E-state index in [1.165, 1.54) is 4.70 Å². The Bertz CT molecular complexity index is 1250. The van der Waals surface area contributed by atoms with Crippen LogP contribution in [0.4, 0.5) is 11.4 Å². The van der Waals surface area contributed by atoms with Gasteiger partial charge in [-0.1, -0.05) is 36.0 Å². The van der Waals surface area contributed by atoms with E-state index >= 15 is 0 Å². The van der Waals surface area contributed by atoms with Gasteiger partial charge in [-0.3, -0.25) is 4.79 Å². The highest BCUT2D eigenvalue weighted by Crippen LogP contribution is 2.31. The quantitative estimate of drug-likeness (QED) is 0.247. The first kappa shape index (κ1) is 23.8. The molecule has 0 aliphatic rings. The van der Waals surface area contributed by atoms with Crippen LogP contribution in [0.1, 0.15) is 22.8 Å². The first-order chi connectivity index (χ1) is 16.4. The molecule has 6 nitrogen and oxygen atoms in total. The third-order valence-electron chi connectivity index (χ3n) is 5.13. The van der Waals surface area contributed by atoms with Crippen molar-refractivity contribution < 1.29 is 14.3 Å². The van der Waals surface area contributed by atoms with E-state index in [9.17, 15) is 9.59 Å². The number of hydrogen-bond donors (Lipinski definition) is 1. The molecule has 1 heterocycles. The van der Waals surface area contributed by atoms with Crippen LogP contribution in [0.15, 0.2) is 77.1 Å². The lowest BCUT2D eigenvalue weighted by Crippen LogP contribution is -2.30. The smallest absolute Gasteiger partial charge is 0.338 e. The number of thioether (sulfide) groups is 1. The first-order valence-corrected chi connectivity index (χ1v) is 12.6. The second kappa shape index (κ2) is 10.7. The highest BCUT2D eigenvalue weighted by molar-refractivity contribution is 8.00. The fraction of sp³-hybridized carbons (Fsp3) is 0.192. The second-order valence-electron chi connectivity index (χ2n) is 7.91. The Kier molecular flexibility index (Phi) is 7.49. The molecule has 0 unspecified atom stereocenters. The number of amides is 1. The number of anilines is 2. The normalized spacial score (nSPS) is 11.7. The molecule has 0 spiro atoms. The molecule has 0 aliphatic carbocycles. The van der Waals surface area contributed by atoms with Crippen molar-refractivity contribution in [3.63, 3.8) is 0 Å². The summed E-state index contributed by atoms with van der Waals surface area (Å²) in [5.74, 6) is -0.161. The number of ether oxygens (including phenoxy) is 1. The summed E-state index contributed by atoms with van der Waals surface area (Å²) in [7, 11) is 3.90. The number of thiazole rings is 1. The molecule has 0 bridgehead atoms. The van der Waals surface area contributed by atoms with Crippen molar-refractivity contribution in [2.45, 2.75) is 23.1 Å². The van der Waals surface area contributed by atoms with Crippen LogP contribution in [-0.2, 0) is 15.3 Å². The SMILES string of the molecule is C[C@@H](OC(=O)c1ccc(CSc2nc3ccccc3s2)cc1)C(=O)Nc1ccc(N(C)C)cc1. The monoisotopic (exact) mass is 491 g/mol. The van der Waals surface area contributed by atoms with E-state index in [0.29, 0.717) is 11.3 Å². The van der Waals surface area contributed by atoms with Crippen LogP contribution in [-0.4, -0.2) is 37.1 Å². The van der Waals surface area contributed by atoms with E-state index in [1.807, 2.05) is 73.6 Å². The third-order valence-corrected chi connectivity index (χ3v) is 7.38. The Labute approximate surface area is 207 Å². The lowest BCUT2D eigenvalue weighted by molar-refractivity contribution is -0.123. The Hall–Kier alpha value is -3.36. The maximum Gasteiger partial charge on any atom is 0.338 e. The average molecular weight is 492 g/mol. The molecule has 3 aromatic carbocycles. The minimum atomic E-state index is -0.921. The number of carbonyl (C=O) groups is 2. The molecule has 4 rings (SSSR count). The molecule has 1 amide bonds. The number of para-hydroxylation sites is 1. The number of benzene rings is 3. The van der Waals surface area contributed by atoms with Crippen molar-refractivity contribution in [3.05, 3.63) is 83.9 Å². The van der Waals surface area contributed by atoms with Gasteiger partial charge in [-0.2, -0.15) is 0 Å². The Balaban J connectivity index is 1.28. The van der Waals surface area contributed by atoms with Gasteiger partial charge in [0.15, 0.2) is 10.4 Å². The molecule has 0 saturated heterocycles. The summed E-state index contributed by atoms with van der Waals surface area (Å²) in [5, 5.41) is 2.77. The summed E-state index contributed by atoms with van der Waals surface area (Å²) in [6, 6.07) is 22.8. The molecule has 4 aromatic rings. The van der Waals surface area contributed by atoms with Crippen molar-refractivity contribution in [1.29, 1.82) is 0 Å². The van der Waals surface area contributed by atoms with Gasteiger partial charge in [0.25, 0.3) is 5.91 Å². The van der Waals surface area contributed by atoms with Gasteiger partial charge in [-0.25, -0.2) is 9.78 Å². The van der Waals surface area contributed by atoms with E-state index in [0.717, 1.165) is 26.9 Å². The minimum Gasteiger partial charge on any atom is -0.449 e. The first-order valence-electron chi connectivity index (χ1n) is 10.8. The number of carbonyl (C=O) groups excluding carboxylic acids is 2. The zero-order valence-electron chi connectivity index (χ0n) is 19.1. The van der Waals surface area contributed by atoms with Crippen molar-refractivity contribution in [1.82, 2.24) is 4.98 Å². The molecule has 174 valence electrons. The number of hydrogen-bond acceptors (Lipinski definition) is 7. The van der Waals surface area contributed by atoms with Crippen LogP contribution in [0.5, 0.6) is 0 Å². The number of nitrogens with zero attached hydrogens (tertiary/aromatic N) is 2. The van der Waals surface area contributed by atoms with E-state index in [-0.39, 0.29) is 5.91 Å². The molecular formula is C26H25N3O3S2. The van der Waals surface area contributed by atoms with Crippen molar-refractivity contribution >= 4 is 56.6 Å². The maximum atomic E-state index is 12.5. The summed E-state index contributed by atoms with van der Waals surface area (Å²) >= 11 is 3.34. The predicted octanol–water partition coefficient (Wildman–Crippen LogP) is 5.84. The van der Waals surface area contributed by atoms with Gasteiger partial charge >= 0.3 is 5.97 Å². The van der Waals surface area contributed by atoms with Crippen molar-refractivity contribution in [3.8, 4) is 0 Å². The molecule has 0 radical (unpaired) electrons. The summed E-state index contributed by atoms with van der Waals surface area (Å²) in [6.07, 6.45) is -0.921. The minimum absolute atomic E-state index is 0.380. The molecule has 8 heteroatoms. The van der Waals surface area contributed by atoms with Crippen LogP contribution in [0.25, 0.3) is 10.2 Å². The summed E-state index contributed by atoms with van der Waals surface area (Å²) in [6.45, 7) is 1.56. The van der Waals surface area contributed by atoms with Gasteiger partial charge in [-0.05, 0) is 61.0 Å². The zero-order chi connectivity index (χ0) is 24.1. The maximum absolute atomic E-state index is 12.5. The Morgan fingerprint density at radius 2 is 1.74 bits per heavy atom. The number of nitrogens with one attached hydrogen (secondary N) is 1. The highest BCUT2D eigenvalue weighted by Gasteiger charge is 2.19. The standard InChI is InChI=1S/C26H25N3O3S2/c1-17(24(30)27-20-12-14-21(15-13-20)29(2)3)32-25(31)19-10-8-18(9-11-19)16-33-26-28-22-6-4-5-7-23(22)34-26/h4-15,17H,16H2,1-3H3,(H,27,30)/t17-/m1/s1. The van der Waals surface area contributed by atoms with E-state index in [1.54, 1.807) is 42.2 Å². The third kappa shape index (κ3) is 5.95. The van der Waals surface area contributed by atoms with Gasteiger partial charge in [-0.15, -0.1) is 11.3 Å². The zero-order valence-corrected chi connectivity index (χ0v) is 20.8. The largest absolute Gasteiger partial charge is 0.449 e. The topological polar surface area (TPSA) is 71.5 Å². The molecule has 0 aliphatic heterocycles. The van der Waals surface area contributed by atoms with E-state index in [4.69, 9.17) is 4.74 Å². The van der Waals surface area contributed by atoms with Gasteiger partial charge < -0.3 is 15.0 Å². The van der Waals surface area contributed by atoms with E-state index in [2.05, 4.69) is 16.4 Å². The Morgan fingerprint density at radius 1 is 1.03 bits per heavy atom. The number of rotatable bonds is 8. The summed E-state index contributed by atoms with van der Waals surface area (Å²) in [4.78, 5) is 31.5. The van der Waals surface area contributed by atoms with Crippen LogP contribution in [0.2, 0.25) is 0 Å². The van der Waals surface area contributed by atoms with Gasteiger partial charge in [0.2, 0.25) is 0 Å². The second-order valence-corrected chi connectivity index (χ2v) is 10.2. The van der Waals surface area contributed by atoms with Crippen molar-refractivity contribution in [2.24, 2.45) is 0 Å². The molecule has 0 saturated carbocycles. The molecule has 1 atom stereocenters. The van der Waals surface area contributed by atoms with Crippen LogP contribution < -0.4 is 10.2 Å². The molecule has 34 heavy (non-hydrogen) atoms. The molecule has 1 N–H and O–H groups in total. The van der Waals surface area contributed by atoms with E-state index < -0.39 is 12.1 Å². The molecule has 1 aromatic heterocycles. The van der Waals surface area contributed by atoms with Gasteiger partial charge in [0.1, 0.15) is 0 Å². The average Bonchev–Trinajstić information content (AvgIpc) is 3.26. The van der Waals surface area contributed by atoms with Crippen LogP contribution >= 0.6 is 23.1 Å². The molecular weight excluding hydrogens is 466 g/mol. The van der Waals surface area contributed by atoms with Gasteiger partial charge in [0, 0.05) is 31.2 Å². The molecule has 0 fully saturated rings. The lowest BCUT2D eigenvalue weighted by atomic mass is 10.1. The Morgan fingerprint density at radius 3 is 2.41 bits per heavy atom. The van der Waals surface area contributed by atoms with Crippen LogP contribution in [0.3, 0.4) is 0 Å². The fourth-order valence-corrected chi connectivity index (χ4v) is 5.19. The lowest BCUT2D eigenvalue weighted by Gasteiger charge is -2.15. The highest BCUT2D eigenvalue weighted by atomic mass is 32.2. The van der Waals surface area contributed by atoms with Crippen LogP contribution in [0, 0.1) is 0 Å². The number of aromatic nitrogens is 1.